The molecule has 3 fully saturated rings. The highest BCUT2D eigenvalue weighted by atomic mass is 16.1. The average Bonchev–Trinajstić information content (AvgIpc) is 3.19. The van der Waals surface area contributed by atoms with E-state index in [9.17, 15) is 4.79 Å². The zero-order valence-electron chi connectivity index (χ0n) is 13.6. The van der Waals surface area contributed by atoms with E-state index in [1.807, 2.05) is 13.8 Å². The van der Waals surface area contributed by atoms with Gasteiger partial charge in [-0.15, -0.1) is 0 Å². The molecular weight excluding hydrogens is 262 g/mol. The summed E-state index contributed by atoms with van der Waals surface area (Å²) in [5.74, 6) is 0.488. The van der Waals surface area contributed by atoms with Crippen molar-refractivity contribution in [3.63, 3.8) is 0 Å². The zero-order chi connectivity index (χ0) is 14.8. The molecule has 0 aromatic rings. The van der Waals surface area contributed by atoms with E-state index in [2.05, 4.69) is 15.5 Å². The molecule has 4 heteroatoms. The quantitative estimate of drug-likeness (QED) is 0.814. The number of rotatable bonds is 5. The van der Waals surface area contributed by atoms with Crippen LogP contribution in [0.5, 0.6) is 0 Å². The summed E-state index contributed by atoms with van der Waals surface area (Å²) < 4.78 is 0. The number of likely N-dealkylation sites (tertiary alicyclic amines) is 1. The smallest absolute Gasteiger partial charge is 0.223 e. The molecule has 3 aliphatic rings. The van der Waals surface area contributed by atoms with Crippen LogP contribution >= 0.6 is 0 Å². The first kappa shape index (κ1) is 15.3. The van der Waals surface area contributed by atoms with Crippen molar-refractivity contribution in [3.8, 4) is 0 Å². The third kappa shape index (κ3) is 4.19. The Labute approximate surface area is 129 Å². The molecule has 0 spiro atoms. The van der Waals surface area contributed by atoms with Gasteiger partial charge >= 0.3 is 0 Å². The van der Waals surface area contributed by atoms with E-state index in [0.29, 0.717) is 12.1 Å². The lowest BCUT2D eigenvalue weighted by atomic mass is 9.84. The number of amides is 1. The molecule has 2 saturated carbocycles. The third-order valence-corrected chi connectivity index (χ3v) is 5.23. The number of nitrogens with one attached hydrogen (secondary N) is 2. The second kappa shape index (κ2) is 6.66. The van der Waals surface area contributed by atoms with E-state index in [-0.39, 0.29) is 17.9 Å². The first-order valence-corrected chi connectivity index (χ1v) is 8.92. The summed E-state index contributed by atoms with van der Waals surface area (Å²) in [6.07, 6.45) is 8.63. The van der Waals surface area contributed by atoms with Crippen molar-refractivity contribution in [1.29, 1.82) is 0 Å². The molecule has 1 saturated heterocycles. The van der Waals surface area contributed by atoms with Crippen molar-refractivity contribution in [2.45, 2.75) is 83.0 Å². The predicted molar refractivity (Wildman–Crippen MR) is 85.2 cm³/mol. The van der Waals surface area contributed by atoms with Crippen LogP contribution in [0.3, 0.4) is 0 Å². The van der Waals surface area contributed by atoms with Gasteiger partial charge in [-0.05, 0) is 52.4 Å². The number of nitrogens with zero attached hydrogens (tertiary/aromatic N) is 1. The summed E-state index contributed by atoms with van der Waals surface area (Å²) in [4.78, 5) is 14.8. The molecule has 3 rings (SSSR count). The van der Waals surface area contributed by atoms with Crippen molar-refractivity contribution in [2.75, 3.05) is 13.1 Å². The molecule has 2 N–H and O–H groups in total. The second-order valence-corrected chi connectivity index (χ2v) is 7.60. The van der Waals surface area contributed by atoms with Gasteiger partial charge in [0.15, 0.2) is 0 Å². The molecule has 1 aliphatic heterocycles. The predicted octanol–water partition coefficient (Wildman–Crippen LogP) is 1.90. The third-order valence-electron chi connectivity index (χ3n) is 5.23. The summed E-state index contributed by atoms with van der Waals surface area (Å²) >= 11 is 0. The highest BCUT2D eigenvalue weighted by Crippen LogP contribution is 2.31. The van der Waals surface area contributed by atoms with Crippen LogP contribution in [0.2, 0.25) is 0 Å². The molecule has 1 amide bonds. The molecule has 4 nitrogen and oxygen atoms in total. The van der Waals surface area contributed by atoms with Crippen molar-refractivity contribution < 1.29 is 4.79 Å². The van der Waals surface area contributed by atoms with Crippen molar-refractivity contribution >= 4 is 5.91 Å². The van der Waals surface area contributed by atoms with Crippen LogP contribution in [0.1, 0.15) is 58.8 Å². The minimum atomic E-state index is 0.222. The van der Waals surface area contributed by atoms with Gasteiger partial charge in [0, 0.05) is 43.2 Å². The van der Waals surface area contributed by atoms with E-state index in [4.69, 9.17) is 0 Å². The lowest BCUT2D eigenvalue weighted by Gasteiger charge is -2.31. The molecule has 3 atom stereocenters. The number of carbonyl (C=O) groups is 1. The van der Waals surface area contributed by atoms with E-state index in [1.165, 1.54) is 45.2 Å². The zero-order valence-corrected chi connectivity index (χ0v) is 13.6. The Bertz CT molecular complexity index is 367. The van der Waals surface area contributed by atoms with Gasteiger partial charge in [0.2, 0.25) is 5.91 Å². The Morgan fingerprint density at radius 2 is 1.90 bits per heavy atom. The van der Waals surface area contributed by atoms with Gasteiger partial charge < -0.3 is 10.6 Å². The van der Waals surface area contributed by atoms with Crippen LogP contribution in [0, 0.1) is 5.92 Å². The van der Waals surface area contributed by atoms with Gasteiger partial charge in [-0.1, -0.05) is 6.42 Å². The maximum Gasteiger partial charge on any atom is 0.223 e. The Hall–Kier alpha value is -0.610. The normalized spacial score (nSPS) is 34.3. The fourth-order valence-corrected chi connectivity index (χ4v) is 4.01. The van der Waals surface area contributed by atoms with Crippen LogP contribution in [-0.4, -0.2) is 48.1 Å². The van der Waals surface area contributed by atoms with Gasteiger partial charge in [0.05, 0.1) is 0 Å². The molecule has 2 aliphatic carbocycles. The molecule has 0 radical (unpaired) electrons. The minimum absolute atomic E-state index is 0.222. The SMILES string of the molecule is CC(C)NC(=O)[C@@H]1CCC[C@H](N[C@@H]2CCN(C3CC3)C2)C1. The number of hydrogen-bond acceptors (Lipinski definition) is 3. The lowest BCUT2D eigenvalue weighted by molar-refractivity contribution is -0.126. The van der Waals surface area contributed by atoms with E-state index < -0.39 is 0 Å². The molecule has 0 aromatic carbocycles. The highest BCUT2D eigenvalue weighted by molar-refractivity contribution is 5.79. The van der Waals surface area contributed by atoms with Gasteiger partial charge in [-0.25, -0.2) is 0 Å². The van der Waals surface area contributed by atoms with Crippen LogP contribution in [0.25, 0.3) is 0 Å². The largest absolute Gasteiger partial charge is 0.354 e. The van der Waals surface area contributed by atoms with Crippen molar-refractivity contribution in [2.24, 2.45) is 5.92 Å². The molecule has 0 bridgehead atoms. The standard InChI is InChI=1S/C17H31N3O/c1-12(2)18-17(21)13-4-3-5-14(10-13)19-15-8-9-20(11-15)16-6-7-16/h12-16,19H,3-11H2,1-2H3,(H,18,21)/t13-,14+,15-/m1/s1. The molecule has 0 aromatic heterocycles. The Morgan fingerprint density at radius 1 is 1.10 bits per heavy atom. The van der Waals surface area contributed by atoms with Crippen molar-refractivity contribution in [3.05, 3.63) is 0 Å². The van der Waals surface area contributed by atoms with Gasteiger partial charge in [0.1, 0.15) is 0 Å². The molecule has 0 unspecified atom stereocenters. The molecule has 120 valence electrons. The van der Waals surface area contributed by atoms with Gasteiger partial charge in [0.25, 0.3) is 0 Å². The molecule has 21 heavy (non-hydrogen) atoms. The Balaban J connectivity index is 1.44. The Kier molecular flexibility index (Phi) is 4.85. The van der Waals surface area contributed by atoms with E-state index in [0.717, 1.165) is 18.9 Å². The fraction of sp³-hybridized carbons (Fsp3) is 0.941. The summed E-state index contributed by atoms with van der Waals surface area (Å²) in [5, 5.41) is 6.93. The summed E-state index contributed by atoms with van der Waals surface area (Å²) in [5.41, 5.74) is 0. The maximum atomic E-state index is 12.2. The summed E-state index contributed by atoms with van der Waals surface area (Å²) in [6, 6.07) is 2.36. The van der Waals surface area contributed by atoms with Gasteiger partial charge in [-0.3, -0.25) is 9.69 Å². The van der Waals surface area contributed by atoms with Crippen LogP contribution in [0.4, 0.5) is 0 Å². The highest BCUT2D eigenvalue weighted by Gasteiger charge is 2.36. The van der Waals surface area contributed by atoms with Gasteiger partial charge in [-0.2, -0.15) is 0 Å². The topological polar surface area (TPSA) is 44.4 Å². The lowest BCUT2D eigenvalue weighted by Crippen LogP contribution is -2.46. The van der Waals surface area contributed by atoms with Crippen LogP contribution in [0.15, 0.2) is 0 Å². The average molecular weight is 293 g/mol. The van der Waals surface area contributed by atoms with E-state index in [1.54, 1.807) is 0 Å². The minimum Gasteiger partial charge on any atom is -0.354 e. The first-order valence-electron chi connectivity index (χ1n) is 8.92. The summed E-state index contributed by atoms with van der Waals surface area (Å²) in [6.45, 7) is 6.58. The first-order chi connectivity index (χ1) is 10.1. The van der Waals surface area contributed by atoms with E-state index >= 15 is 0 Å². The van der Waals surface area contributed by atoms with Crippen molar-refractivity contribution in [1.82, 2.24) is 15.5 Å². The maximum absolute atomic E-state index is 12.2. The molecular formula is C17H31N3O. The second-order valence-electron chi connectivity index (χ2n) is 7.60. The summed E-state index contributed by atoms with van der Waals surface area (Å²) in [7, 11) is 0. The monoisotopic (exact) mass is 293 g/mol. The molecule has 1 heterocycles. The van der Waals surface area contributed by atoms with Crippen LogP contribution in [-0.2, 0) is 4.79 Å². The number of hydrogen-bond donors (Lipinski definition) is 2. The number of carbonyl (C=O) groups excluding carboxylic acids is 1. The van der Waals surface area contributed by atoms with Crippen LogP contribution < -0.4 is 10.6 Å². The Morgan fingerprint density at radius 3 is 2.62 bits per heavy atom. The fourth-order valence-electron chi connectivity index (χ4n) is 4.01.